The molecule has 2 rings (SSSR count). The molecule has 0 heterocycles. The lowest BCUT2D eigenvalue weighted by atomic mass is 10.2. The molecule has 0 bridgehead atoms. The van der Waals surface area contributed by atoms with Crippen molar-refractivity contribution in [2.75, 3.05) is 11.4 Å². The number of aromatic hydroxyl groups is 1. The van der Waals surface area contributed by atoms with Gasteiger partial charge in [0.15, 0.2) is 0 Å². The number of benzene rings is 2. The lowest BCUT2D eigenvalue weighted by Gasteiger charge is -2.23. The van der Waals surface area contributed by atoms with Crippen molar-refractivity contribution < 1.29 is 5.11 Å². The van der Waals surface area contributed by atoms with Crippen LogP contribution in [-0.2, 0) is 0 Å². The van der Waals surface area contributed by atoms with E-state index in [9.17, 15) is 5.11 Å². The number of phenolic OH excluding ortho intramolecular Hbond substituents is 1. The van der Waals surface area contributed by atoms with E-state index >= 15 is 0 Å². The number of hydrogen-bond acceptors (Lipinski definition) is 3. The van der Waals surface area contributed by atoms with Crippen molar-refractivity contribution in [3.63, 3.8) is 0 Å². The summed E-state index contributed by atoms with van der Waals surface area (Å²) in [5.74, 6) is 0.218. The summed E-state index contributed by atoms with van der Waals surface area (Å²) in [5, 5.41) is 18.9. The number of nitriles is 1. The minimum atomic E-state index is 0.218. The van der Waals surface area contributed by atoms with Crippen LogP contribution in [0, 0.1) is 11.3 Å². The molecular formula is C15H13ClN2O. The third-order valence-corrected chi connectivity index (χ3v) is 3.16. The summed E-state index contributed by atoms with van der Waals surface area (Å²) in [5.41, 5.74) is 2.22. The molecule has 0 spiro atoms. The fraction of sp³-hybridized carbons (Fsp3) is 0.133. The molecule has 0 aliphatic rings. The number of hydrogen-bond donors (Lipinski definition) is 1. The van der Waals surface area contributed by atoms with Gasteiger partial charge in [-0.1, -0.05) is 17.7 Å². The lowest BCUT2D eigenvalue weighted by molar-refractivity contribution is 0.475. The predicted molar refractivity (Wildman–Crippen MR) is 77.0 cm³/mol. The fourth-order valence-corrected chi connectivity index (χ4v) is 2.15. The van der Waals surface area contributed by atoms with Gasteiger partial charge in [-0.05, 0) is 37.3 Å². The highest BCUT2D eigenvalue weighted by atomic mass is 35.5. The number of rotatable bonds is 3. The van der Waals surface area contributed by atoms with Crippen molar-refractivity contribution in [3.05, 3.63) is 53.1 Å². The lowest BCUT2D eigenvalue weighted by Crippen LogP contribution is -2.15. The standard InChI is InChI=1S/C15H13ClN2O/c1-2-18(12-4-3-5-14(19)8-12)13-7-6-11(10-17)15(16)9-13/h3-9,19H,2H2,1H3. The molecule has 0 saturated heterocycles. The molecule has 0 radical (unpaired) electrons. The Morgan fingerprint density at radius 2 is 1.95 bits per heavy atom. The van der Waals surface area contributed by atoms with Crippen LogP contribution in [0.5, 0.6) is 5.75 Å². The monoisotopic (exact) mass is 272 g/mol. The Hall–Kier alpha value is -2.18. The van der Waals surface area contributed by atoms with Crippen LogP contribution in [0.3, 0.4) is 0 Å². The van der Waals surface area contributed by atoms with Crippen molar-refractivity contribution in [1.82, 2.24) is 0 Å². The molecule has 3 nitrogen and oxygen atoms in total. The molecule has 0 aromatic heterocycles. The van der Waals surface area contributed by atoms with E-state index in [1.54, 1.807) is 30.3 Å². The summed E-state index contributed by atoms with van der Waals surface area (Å²) in [6.45, 7) is 2.74. The van der Waals surface area contributed by atoms with Crippen LogP contribution in [0.1, 0.15) is 12.5 Å². The summed E-state index contributed by atoms with van der Waals surface area (Å²) in [7, 11) is 0. The van der Waals surface area contributed by atoms with E-state index < -0.39 is 0 Å². The maximum atomic E-state index is 9.55. The van der Waals surface area contributed by atoms with Crippen LogP contribution in [0.4, 0.5) is 11.4 Å². The van der Waals surface area contributed by atoms with Gasteiger partial charge in [-0.2, -0.15) is 5.26 Å². The van der Waals surface area contributed by atoms with Crippen LogP contribution >= 0.6 is 11.6 Å². The topological polar surface area (TPSA) is 47.3 Å². The fourth-order valence-electron chi connectivity index (χ4n) is 1.94. The molecule has 2 aromatic carbocycles. The zero-order chi connectivity index (χ0) is 13.8. The summed E-state index contributed by atoms with van der Waals surface area (Å²) in [4.78, 5) is 2.01. The second kappa shape index (κ2) is 5.64. The maximum absolute atomic E-state index is 9.55. The van der Waals surface area contributed by atoms with Gasteiger partial charge in [0.2, 0.25) is 0 Å². The molecule has 0 amide bonds. The van der Waals surface area contributed by atoms with E-state index in [4.69, 9.17) is 16.9 Å². The highest BCUT2D eigenvalue weighted by molar-refractivity contribution is 6.32. The van der Waals surface area contributed by atoms with Gasteiger partial charge in [0.1, 0.15) is 11.8 Å². The Morgan fingerprint density at radius 1 is 1.21 bits per heavy atom. The van der Waals surface area contributed by atoms with Gasteiger partial charge >= 0.3 is 0 Å². The van der Waals surface area contributed by atoms with E-state index in [1.165, 1.54) is 0 Å². The largest absolute Gasteiger partial charge is 0.508 e. The minimum absolute atomic E-state index is 0.218. The van der Waals surface area contributed by atoms with Gasteiger partial charge in [0.05, 0.1) is 10.6 Å². The smallest absolute Gasteiger partial charge is 0.117 e. The van der Waals surface area contributed by atoms with Crippen molar-refractivity contribution >= 4 is 23.0 Å². The molecule has 4 heteroatoms. The van der Waals surface area contributed by atoms with E-state index in [-0.39, 0.29) is 5.75 Å². The van der Waals surface area contributed by atoms with Gasteiger partial charge in [-0.15, -0.1) is 0 Å². The SMILES string of the molecule is CCN(c1cccc(O)c1)c1ccc(C#N)c(Cl)c1. The second-order valence-electron chi connectivity index (χ2n) is 4.04. The molecule has 0 fully saturated rings. The van der Waals surface area contributed by atoms with Gasteiger partial charge < -0.3 is 10.0 Å². The molecule has 0 unspecified atom stereocenters. The number of nitrogens with zero attached hydrogens (tertiary/aromatic N) is 2. The average Bonchev–Trinajstić information content (AvgIpc) is 2.40. The first-order chi connectivity index (χ1) is 9.15. The normalized spacial score (nSPS) is 9.95. The van der Waals surface area contributed by atoms with Gasteiger partial charge in [-0.25, -0.2) is 0 Å². The van der Waals surface area contributed by atoms with Gasteiger partial charge in [0.25, 0.3) is 0 Å². The minimum Gasteiger partial charge on any atom is -0.508 e. The number of anilines is 2. The zero-order valence-electron chi connectivity index (χ0n) is 10.5. The second-order valence-corrected chi connectivity index (χ2v) is 4.45. The zero-order valence-corrected chi connectivity index (χ0v) is 11.2. The predicted octanol–water partition coefficient (Wildman–Crippen LogP) is 4.08. The van der Waals surface area contributed by atoms with E-state index in [0.29, 0.717) is 10.6 Å². The first kappa shape index (κ1) is 13.3. The summed E-state index contributed by atoms with van der Waals surface area (Å²) in [6, 6.07) is 14.4. The molecule has 1 N–H and O–H groups in total. The summed E-state index contributed by atoms with van der Waals surface area (Å²) in [6.07, 6.45) is 0. The Kier molecular flexibility index (Phi) is 3.94. The molecule has 0 saturated carbocycles. The van der Waals surface area contributed by atoms with Crippen LogP contribution in [0.2, 0.25) is 5.02 Å². The number of halogens is 1. The van der Waals surface area contributed by atoms with E-state index in [0.717, 1.165) is 17.9 Å². The average molecular weight is 273 g/mol. The van der Waals surface area contributed by atoms with Gasteiger partial charge in [0, 0.05) is 24.0 Å². The van der Waals surface area contributed by atoms with Crippen LogP contribution < -0.4 is 4.90 Å². The Bertz CT molecular complexity index is 634. The Balaban J connectivity index is 2.43. The number of phenols is 1. The molecule has 2 aromatic rings. The first-order valence-corrected chi connectivity index (χ1v) is 6.29. The third kappa shape index (κ3) is 2.81. The van der Waals surface area contributed by atoms with Crippen molar-refractivity contribution in [3.8, 4) is 11.8 Å². The van der Waals surface area contributed by atoms with Crippen molar-refractivity contribution in [1.29, 1.82) is 5.26 Å². The molecule has 19 heavy (non-hydrogen) atoms. The van der Waals surface area contributed by atoms with E-state index in [1.807, 2.05) is 30.0 Å². The van der Waals surface area contributed by atoms with Crippen LogP contribution in [0.25, 0.3) is 0 Å². The summed E-state index contributed by atoms with van der Waals surface area (Å²) >= 11 is 6.05. The van der Waals surface area contributed by atoms with E-state index in [2.05, 4.69) is 0 Å². The Labute approximate surface area is 117 Å². The quantitative estimate of drug-likeness (QED) is 0.916. The Morgan fingerprint density at radius 3 is 2.53 bits per heavy atom. The molecule has 0 aliphatic carbocycles. The molecule has 96 valence electrons. The third-order valence-electron chi connectivity index (χ3n) is 2.84. The van der Waals surface area contributed by atoms with Crippen molar-refractivity contribution in [2.45, 2.75) is 6.92 Å². The molecular weight excluding hydrogens is 260 g/mol. The maximum Gasteiger partial charge on any atom is 0.117 e. The first-order valence-electron chi connectivity index (χ1n) is 5.92. The van der Waals surface area contributed by atoms with Crippen LogP contribution in [-0.4, -0.2) is 11.7 Å². The molecule has 0 aliphatic heterocycles. The summed E-state index contributed by atoms with van der Waals surface area (Å²) < 4.78 is 0. The van der Waals surface area contributed by atoms with Crippen LogP contribution in [0.15, 0.2) is 42.5 Å². The highest BCUT2D eigenvalue weighted by Gasteiger charge is 2.10. The molecule has 0 atom stereocenters. The highest BCUT2D eigenvalue weighted by Crippen LogP contribution is 2.30. The van der Waals surface area contributed by atoms with Gasteiger partial charge in [-0.3, -0.25) is 0 Å². The van der Waals surface area contributed by atoms with Crippen molar-refractivity contribution in [2.24, 2.45) is 0 Å².